The molecule has 1 aromatic carbocycles. The van der Waals surface area contributed by atoms with Crippen LogP contribution >= 0.6 is 0 Å². The predicted octanol–water partition coefficient (Wildman–Crippen LogP) is 1.39. The van der Waals surface area contributed by atoms with E-state index in [1.807, 2.05) is 6.07 Å². The quantitative estimate of drug-likeness (QED) is 0.798. The molecule has 0 aromatic heterocycles. The molecule has 1 fully saturated rings. The van der Waals surface area contributed by atoms with Crippen LogP contribution in [0.1, 0.15) is 25.0 Å². The average molecular weight is 243 g/mol. The first-order valence-corrected chi connectivity index (χ1v) is 5.57. The van der Waals surface area contributed by atoms with Crippen molar-refractivity contribution >= 4 is 11.9 Å². The first-order chi connectivity index (χ1) is 8.44. The van der Waals surface area contributed by atoms with Crippen LogP contribution in [0, 0.1) is 11.3 Å². The van der Waals surface area contributed by atoms with Gasteiger partial charge >= 0.3 is 6.03 Å². The molecule has 1 aliphatic heterocycles. The van der Waals surface area contributed by atoms with Crippen LogP contribution in [0.4, 0.5) is 4.79 Å². The summed E-state index contributed by atoms with van der Waals surface area (Å²) in [6, 6.07) is 8.50. The number of rotatable bonds is 2. The summed E-state index contributed by atoms with van der Waals surface area (Å²) in [6.07, 6.45) is 0. The number of amides is 3. The third-order valence-corrected chi connectivity index (χ3v) is 2.84. The first kappa shape index (κ1) is 12.1. The maximum Gasteiger partial charge on any atom is 0.325 e. The number of hydrogen-bond acceptors (Lipinski definition) is 3. The van der Waals surface area contributed by atoms with Crippen LogP contribution < -0.4 is 5.32 Å². The molecule has 5 heteroatoms. The molecule has 0 saturated carbocycles. The van der Waals surface area contributed by atoms with E-state index in [4.69, 9.17) is 5.26 Å². The van der Waals surface area contributed by atoms with Crippen LogP contribution in [-0.2, 0) is 11.3 Å². The maximum atomic E-state index is 12.0. The normalized spacial score (nSPS) is 17.5. The monoisotopic (exact) mass is 243 g/mol. The number of urea groups is 1. The third-order valence-electron chi connectivity index (χ3n) is 2.84. The molecule has 2 rings (SSSR count). The van der Waals surface area contributed by atoms with E-state index in [0.29, 0.717) is 5.56 Å². The lowest BCUT2D eigenvalue weighted by Gasteiger charge is -2.16. The van der Waals surface area contributed by atoms with Gasteiger partial charge in [-0.25, -0.2) is 4.79 Å². The molecule has 0 unspecified atom stereocenters. The third kappa shape index (κ3) is 2.05. The molecule has 1 heterocycles. The Morgan fingerprint density at radius 2 is 2.11 bits per heavy atom. The fourth-order valence-electron chi connectivity index (χ4n) is 1.88. The van der Waals surface area contributed by atoms with E-state index in [1.54, 1.807) is 38.1 Å². The van der Waals surface area contributed by atoms with Gasteiger partial charge in [-0.15, -0.1) is 0 Å². The van der Waals surface area contributed by atoms with Crippen molar-refractivity contribution in [2.75, 3.05) is 0 Å². The highest BCUT2D eigenvalue weighted by atomic mass is 16.2. The highest BCUT2D eigenvalue weighted by Crippen LogP contribution is 2.19. The Hall–Kier alpha value is -2.35. The van der Waals surface area contributed by atoms with Crippen LogP contribution in [-0.4, -0.2) is 22.4 Å². The van der Waals surface area contributed by atoms with Crippen molar-refractivity contribution in [2.45, 2.75) is 25.9 Å². The SMILES string of the molecule is CC1(C)NC(=O)N(Cc2cccc(C#N)c2)C1=O. The predicted molar refractivity (Wildman–Crippen MR) is 64.3 cm³/mol. The van der Waals surface area contributed by atoms with E-state index < -0.39 is 11.6 Å². The second kappa shape index (κ2) is 4.15. The summed E-state index contributed by atoms with van der Waals surface area (Å²) in [7, 11) is 0. The molecule has 0 atom stereocenters. The number of nitrogens with one attached hydrogen (secondary N) is 1. The number of carbonyl (C=O) groups excluding carboxylic acids is 2. The molecule has 18 heavy (non-hydrogen) atoms. The van der Waals surface area contributed by atoms with Crippen molar-refractivity contribution in [3.05, 3.63) is 35.4 Å². The second-order valence-electron chi connectivity index (χ2n) is 4.76. The molecule has 92 valence electrons. The zero-order chi connectivity index (χ0) is 13.3. The van der Waals surface area contributed by atoms with E-state index in [9.17, 15) is 9.59 Å². The van der Waals surface area contributed by atoms with E-state index >= 15 is 0 Å². The standard InChI is InChI=1S/C13H13N3O2/c1-13(2)11(17)16(12(18)15-13)8-10-5-3-4-9(6-10)7-14/h3-6H,8H2,1-2H3,(H,15,18). The highest BCUT2D eigenvalue weighted by Gasteiger charge is 2.43. The zero-order valence-corrected chi connectivity index (χ0v) is 10.2. The second-order valence-corrected chi connectivity index (χ2v) is 4.76. The molecule has 1 aliphatic rings. The largest absolute Gasteiger partial charge is 0.325 e. The number of nitrogens with zero attached hydrogens (tertiary/aromatic N) is 2. The smallest absolute Gasteiger partial charge is 0.324 e. The Labute approximate surface area is 105 Å². The Morgan fingerprint density at radius 3 is 2.67 bits per heavy atom. The van der Waals surface area contributed by atoms with Gasteiger partial charge in [-0.1, -0.05) is 12.1 Å². The van der Waals surface area contributed by atoms with Gasteiger partial charge in [0.2, 0.25) is 0 Å². The van der Waals surface area contributed by atoms with Gasteiger partial charge in [-0.05, 0) is 31.5 Å². The fourth-order valence-corrected chi connectivity index (χ4v) is 1.88. The number of carbonyl (C=O) groups is 2. The van der Waals surface area contributed by atoms with Gasteiger partial charge in [0.1, 0.15) is 5.54 Å². The Morgan fingerprint density at radius 1 is 1.39 bits per heavy atom. The summed E-state index contributed by atoms with van der Waals surface area (Å²) in [5.74, 6) is -0.255. The van der Waals surface area contributed by atoms with Crippen molar-refractivity contribution in [3.63, 3.8) is 0 Å². The van der Waals surface area contributed by atoms with E-state index in [2.05, 4.69) is 5.32 Å². The minimum atomic E-state index is -0.857. The Bertz CT molecular complexity index is 558. The lowest BCUT2D eigenvalue weighted by molar-refractivity contribution is -0.130. The Balaban J connectivity index is 2.22. The van der Waals surface area contributed by atoms with Crippen molar-refractivity contribution < 1.29 is 9.59 Å². The highest BCUT2D eigenvalue weighted by molar-refractivity contribution is 6.06. The number of imide groups is 1. The summed E-state index contributed by atoms with van der Waals surface area (Å²) in [5.41, 5.74) is 0.415. The van der Waals surface area contributed by atoms with Crippen LogP contribution in [0.3, 0.4) is 0 Å². The van der Waals surface area contributed by atoms with Gasteiger partial charge < -0.3 is 5.32 Å². The van der Waals surface area contributed by atoms with Gasteiger partial charge in [-0.3, -0.25) is 9.69 Å². The molecule has 1 saturated heterocycles. The van der Waals surface area contributed by atoms with Crippen LogP contribution in [0.15, 0.2) is 24.3 Å². The Kier molecular flexibility index (Phi) is 2.79. The fraction of sp³-hybridized carbons (Fsp3) is 0.308. The molecule has 0 aliphatic carbocycles. The number of hydrogen-bond donors (Lipinski definition) is 1. The summed E-state index contributed by atoms with van der Waals surface area (Å²) in [5, 5.41) is 11.4. The van der Waals surface area contributed by atoms with Gasteiger partial charge in [0.05, 0.1) is 18.2 Å². The van der Waals surface area contributed by atoms with Crippen LogP contribution in [0.25, 0.3) is 0 Å². The zero-order valence-electron chi connectivity index (χ0n) is 10.2. The molecular formula is C13H13N3O2. The molecule has 1 N–H and O–H groups in total. The van der Waals surface area contributed by atoms with Gasteiger partial charge in [0.15, 0.2) is 0 Å². The summed E-state index contributed by atoms with van der Waals surface area (Å²) in [4.78, 5) is 24.8. The molecule has 0 bridgehead atoms. The first-order valence-electron chi connectivity index (χ1n) is 5.57. The number of benzene rings is 1. The van der Waals surface area contributed by atoms with E-state index in [1.165, 1.54) is 0 Å². The summed E-state index contributed by atoms with van der Waals surface area (Å²) < 4.78 is 0. The van der Waals surface area contributed by atoms with E-state index in [-0.39, 0.29) is 12.5 Å². The van der Waals surface area contributed by atoms with Gasteiger partial charge in [0, 0.05) is 0 Å². The molecule has 1 aromatic rings. The van der Waals surface area contributed by atoms with Crippen LogP contribution in [0.2, 0.25) is 0 Å². The minimum Gasteiger partial charge on any atom is -0.324 e. The number of nitriles is 1. The lowest BCUT2D eigenvalue weighted by Crippen LogP contribution is -2.40. The topological polar surface area (TPSA) is 73.2 Å². The van der Waals surface area contributed by atoms with Crippen molar-refractivity contribution in [2.24, 2.45) is 0 Å². The van der Waals surface area contributed by atoms with Crippen LogP contribution in [0.5, 0.6) is 0 Å². The van der Waals surface area contributed by atoms with Crippen molar-refractivity contribution in [3.8, 4) is 6.07 Å². The van der Waals surface area contributed by atoms with Crippen molar-refractivity contribution in [1.82, 2.24) is 10.2 Å². The molecular weight excluding hydrogens is 230 g/mol. The summed E-state index contributed by atoms with van der Waals surface area (Å²) in [6.45, 7) is 3.52. The molecule has 0 radical (unpaired) electrons. The summed E-state index contributed by atoms with van der Waals surface area (Å²) >= 11 is 0. The van der Waals surface area contributed by atoms with Gasteiger partial charge in [0.25, 0.3) is 5.91 Å². The average Bonchev–Trinajstić information content (AvgIpc) is 2.52. The molecule has 0 spiro atoms. The van der Waals surface area contributed by atoms with Crippen molar-refractivity contribution in [1.29, 1.82) is 5.26 Å². The molecule has 3 amide bonds. The van der Waals surface area contributed by atoms with Gasteiger partial charge in [-0.2, -0.15) is 5.26 Å². The minimum absolute atomic E-state index is 0.184. The maximum absolute atomic E-state index is 12.0. The molecule has 5 nitrogen and oxygen atoms in total. The lowest BCUT2D eigenvalue weighted by atomic mass is 10.1. The van der Waals surface area contributed by atoms with E-state index in [0.717, 1.165) is 10.5 Å².